The van der Waals surface area contributed by atoms with Crippen molar-refractivity contribution in [1.29, 1.82) is 0 Å². The number of piperidine rings is 1. The van der Waals surface area contributed by atoms with Gasteiger partial charge in [0.1, 0.15) is 18.0 Å². The number of aromatic amines is 1. The van der Waals surface area contributed by atoms with Crippen LogP contribution in [0.25, 0.3) is 0 Å². The SMILES string of the molecule is c1nc(NCCc2cnc[nH]2)cc(N2CCCCC2)n1. The Hall–Kier alpha value is -2.11. The molecule has 1 fully saturated rings. The second kappa shape index (κ2) is 6.36. The molecule has 0 bridgehead atoms. The van der Waals surface area contributed by atoms with Gasteiger partial charge in [0.05, 0.1) is 6.33 Å². The highest BCUT2D eigenvalue weighted by Crippen LogP contribution is 2.18. The van der Waals surface area contributed by atoms with E-state index in [1.54, 1.807) is 12.7 Å². The molecule has 2 aromatic rings. The molecule has 106 valence electrons. The summed E-state index contributed by atoms with van der Waals surface area (Å²) >= 11 is 0. The van der Waals surface area contributed by atoms with Crippen LogP contribution in [0, 0.1) is 0 Å². The Morgan fingerprint density at radius 1 is 1.20 bits per heavy atom. The fourth-order valence-electron chi connectivity index (χ4n) is 2.49. The summed E-state index contributed by atoms with van der Waals surface area (Å²) < 4.78 is 0. The minimum atomic E-state index is 0.832. The fourth-order valence-corrected chi connectivity index (χ4v) is 2.49. The number of imidazole rings is 1. The fraction of sp³-hybridized carbons (Fsp3) is 0.500. The predicted octanol–water partition coefficient (Wildman–Crippen LogP) is 1.84. The molecule has 0 atom stereocenters. The molecular formula is C14H20N6. The lowest BCUT2D eigenvalue weighted by atomic mass is 10.1. The zero-order valence-electron chi connectivity index (χ0n) is 11.5. The second-order valence-corrected chi connectivity index (χ2v) is 5.06. The topological polar surface area (TPSA) is 69.7 Å². The smallest absolute Gasteiger partial charge is 0.134 e. The molecule has 0 amide bonds. The Labute approximate surface area is 118 Å². The van der Waals surface area contributed by atoms with Crippen LogP contribution in [0.3, 0.4) is 0 Å². The predicted molar refractivity (Wildman–Crippen MR) is 78.9 cm³/mol. The van der Waals surface area contributed by atoms with E-state index < -0.39 is 0 Å². The van der Waals surface area contributed by atoms with Crippen LogP contribution >= 0.6 is 0 Å². The molecule has 0 spiro atoms. The minimum Gasteiger partial charge on any atom is -0.370 e. The lowest BCUT2D eigenvalue weighted by molar-refractivity contribution is 0.573. The van der Waals surface area contributed by atoms with E-state index in [4.69, 9.17) is 0 Å². The summed E-state index contributed by atoms with van der Waals surface area (Å²) in [5, 5.41) is 3.34. The first kappa shape index (κ1) is 12.9. The largest absolute Gasteiger partial charge is 0.370 e. The van der Waals surface area contributed by atoms with Crippen LogP contribution in [0.1, 0.15) is 25.0 Å². The number of hydrogen-bond acceptors (Lipinski definition) is 5. The van der Waals surface area contributed by atoms with Gasteiger partial charge in [0.2, 0.25) is 0 Å². The molecule has 2 aromatic heterocycles. The standard InChI is InChI=1S/C14H20N6/c1-2-6-20(7-3-1)14-8-13(18-11-19-14)16-5-4-12-9-15-10-17-12/h8-11H,1-7H2,(H,15,17)(H,16,18,19). The number of aromatic nitrogens is 4. The van der Waals surface area contributed by atoms with Crippen LogP contribution in [0.2, 0.25) is 0 Å². The number of nitrogens with zero attached hydrogens (tertiary/aromatic N) is 4. The van der Waals surface area contributed by atoms with E-state index in [1.165, 1.54) is 19.3 Å². The molecule has 0 radical (unpaired) electrons. The molecule has 3 heterocycles. The van der Waals surface area contributed by atoms with Crippen molar-refractivity contribution in [3.05, 3.63) is 30.6 Å². The van der Waals surface area contributed by atoms with Gasteiger partial charge in [-0.05, 0) is 19.3 Å². The average Bonchev–Trinajstić information content (AvgIpc) is 3.02. The first-order chi connectivity index (χ1) is 9.92. The third kappa shape index (κ3) is 3.26. The highest BCUT2D eigenvalue weighted by molar-refractivity contribution is 5.48. The van der Waals surface area contributed by atoms with Crippen LogP contribution in [0.4, 0.5) is 11.6 Å². The third-order valence-corrected chi connectivity index (χ3v) is 3.59. The van der Waals surface area contributed by atoms with Crippen LogP contribution in [0.5, 0.6) is 0 Å². The van der Waals surface area contributed by atoms with Crippen molar-refractivity contribution in [2.75, 3.05) is 29.9 Å². The Morgan fingerprint density at radius 2 is 2.10 bits per heavy atom. The van der Waals surface area contributed by atoms with Crippen molar-refractivity contribution in [3.63, 3.8) is 0 Å². The van der Waals surface area contributed by atoms with E-state index in [0.717, 1.165) is 43.4 Å². The van der Waals surface area contributed by atoms with Gasteiger partial charge in [-0.15, -0.1) is 0 Å². The summed E-state index contributed by atoms with van der Waals surface area (Å²) in [6.45, 7) is 3.04. The highest BCUT2D eigenvalue weighted by atomic mass is 15.2. The normalized spacial score (nSPS) is 15.3. The maximum Gasteiger partial charge on any atom is 0.134 e. The van der Waals surface area contributed by atoms with Crippen LogP contribution in [0.15, 0.2) is 24.9 Å². The summed E-state index contributed by atoms with van der Waals surface area (Å²) in [4.78, 5) is 18.1. The van der Waals surface area contributed by atoms with E-state index in [-0.39, 0.29) is 0 Å². The number of nitrogens with one attached hydrogen (secondary N) is 2. The molecular weight excluding hydrogens is 252 g/mol. The molecule has 1 aliphatic rings. The van der Waals surface area contributed by atoms with Crippen LogP contribution in [-0.4, -0.2) is 39.6 Å². The first-order valence-electron chi connectivity index (χ1n) is 7.20. The molecule has 0 unspecified atom stereocenters. The van der Waals surface area contributed by atoms with E-state index in [1.807, 2.05) is 12.3 Å². The van der Waals surface area contributed by atoms with Gasteiger partial charge in [0.15, 0.2) is 0 Å². The van der Waals surface area contributed by atoms with Gasteiger partial charge in [-0.2, -0.15) is 0 Å². The van der Waals surface area contributed by atoms with Crippen molar-refractivity contribution in [2.24, 2.45) is 0 Å². The Balaban J connectivity index is 1.56. The molecule has 6 heteroatoms. The van der Waals surface area contributed by atoms with Crippen molar-refractivity contribution >= 4 is 11.6 Å². The molecule has 0 aliphatic carbocycles. The second-order valence-electron chi connectivity index (χ2n) is 5.06. The summed E-state index contributed by atoms with van der Waals surface area (Å²) in [5.74, 6) is 1.92. The van der Waals surface area contributed by atoms with Gasteiger partial charge in [-0.25, -0.2) is 15.0 Å². The Kier molecular flexibility index (Phi) is 4.10. The molecule has 6 nitrogen and oxygen atoms in total. The molecule has 2 N–H and O–H groups in total. The third-order valence-electron chi connectivity index (χ3n) is 3.59. The summed E-state index contributed by atoms with van der Waals surface area (Å²) in [6.07, 6.45) is 9.94. The molecule has 20 heavy (non-hydrogen) atoms. The lowest BCUT2D eigenvalue weighted by Crippen LogP contribution is -2.30. The van der Waals surface area contributed by atoms with Crippen molar-refractivity contribution in [3.8, 4) is 0 Å². The highest BCUT2D eigenvalue weighted by Gasteiger charge is 2.12. The minimum absolute atomic E-state index is 0.832. The number of hydrogen-bond donors (Lipinski definition) is 2. The maximum atomic E-state index is 4.38. The molecule has 0 saturated carbocycles. The summed E-state index contributed by atoms with van der Waals surface area (Å²) in [7, 11) is 0. The van der Waals surface area contributed by atoms with Crippen molar-refractivity contribution in [1.82, 2.24) is 19.9 Å². The molecule has 0 aromatic carbocycles. The van der Waals surface area contributed by atoms with E-state index >= 15 is 0 Å². The number of rotatable bonds is 5. The average molecular weight is 272 g/mol. The number of H-pyrrole nitrogens is 1. The first-order valence-corrected chi connectivity index (χ1v) is 7.20. The van der Waals surface area contributed by atoms with E-state index in [2.05, 4.69) is 30.2 Å². The van der Waals surface area contributed by atoms with Crippen molar-refractivity contribution in [2.45, 2.75) is 25.7 Å². The molecule has 3 rings (SSSR count). The van der Waals surface area contributed by atoms with Gasteiger partial charge in [-0.3, -0.25) is 0 Å². The van der Waals surface area contributed by atoms with E-state index in [0.29, 0.717) is 0 Å². The van der Waals surface area contributed by atoms with Crippen LogP contribution < -0.4 is 10.2 Å². The quantitative estimate of drug-likeness (QED) is 0.869. The lowest BCUT2D eigenvalue weighted by Gasteiger charge is -2.27. The van der Waals surface area contributed by atoms with Gasteiger partial charge in [-0.1, -0.05) is 0 Å². The zero-order chi connectivity index (χ0) is 13.6. The monoisotopic (exact) mass is 272 g/mol. The Morgan fingerprint density at radius 3 is 2.90 bits per heavy atom. The summed E-state index contributed by atoms with van der Waals surface area (Å²) in [6, 6.07) is 2.04. The zero-order valence-corrected chi connectivity index (χ0v) is 11.5. The number of anilines is 2. The van der Waals surface area contributed by atoms with Crippen LogP contribution in [-0.2, 0) is 6.42 Å². The Bertz CT molecular complexity index is 518. The van der Waals surface area contributed by atoms with Gasteiger partial charge >= 0.3 is 0 Å². The maximum absolute atomic E-state index is 4.38. The van der Waals surface area contributed by atoms with E-state index in [9.17, 15) is 0 Å². The molecule has 1 saturated heterocycles. The van der Waals surface area contributed by atoms with Gasteiger partial charge in [0, 0.05) is 44.0 Å². The van der Waals surface area contributed by atoms with Gasteiger partial charge in [0.25, 0.3) is 0 Å². The van der Waals surface area contributed by atoms with Crippen molar-refractivity contribution < 1.29 is 0 Å². The molecule has 1 aliphatic heterocycles. The summed E-state index contributed by atoms with van der Waals surface area (Å²) in [5.41, 5.74) is 1.13. The van der Waals surface area contributed by atoms with Gasteiger partial charge < -0.3 is 15.2 Å².